The van der Waals surface area contributed by atoms with Crippen molar-refractivity contribution >= 4 is 27.9 Å². The summed E-state index contributed by atoms with van der Waals surface area (Å²) in [7, 11) is 4.22. The lowest BCUT2D eigenvalue weighted by molar-refractivity contribution is -0.0497. The zero-order valence-electron chi connectivity index (χ0n) is 24.6. The molecule has 3 fully saturated rings. The van der Waals surface area contributed by atoms with Crippen LogP contribution in [0, 0.1) is 46.3 Å². The van der Waals surface area contributed by atoms with Crippen molar-refractivity contribution in [2.24, 2.45) is 51.3 Å². The average Bonchev–Trinajstić information content (AvgIpc) is 3.22. The Labute approximate surface area is 236 Å². The molecule has 0 aromatic carbocycles. The molecule has 0 amide bonds. The van der Waals surface area contributed by atoms with Crippen LogP contribution in [0.1, 0.15) is 112 Å². The summed E-state index contributed by atoms with van der Waals surface area (Å²) >= 11 is 0. The molecule has 0 saturated heterocycles. The second kappa shape index (κ2) is 11.6. The fourth-order valence-electron chi connectivity index (χ4n) is 9.61. The highest BCUT2D eigenvalue weighted by molar-refractivity contribution is 8.77. The van der Waals surface area contributed by atoms with Crippen LogP contribution in [0.5, 0.6) is 0 Å². The first kappa shape index (κ1) is 28.2. The van der Waals surface area contributed by atoms with Crippen LogP contribution in [0.15, 0.2) is 28.4 Å². The van der Waals surface area contributed by atoms with Crippen molar-refractivity contribution in [2.45, 2.75) is 123 Å². The molecule has 2 nitrogen and oxygen atoms in total. The fraction of sp³-hybridized carbons (Fsp3) is 0.848. The minimum absolute atomic E-state index is 0.331. The molecule has 1 aliphatic heterocycles. The number of nitrogens with zero attached hydrogens (tertiary/aromatic N) is 1. The normalized spacial score (nSPS) is 41.8. The van der Waals surface area contributed by atoms with Crippen molar-refractivity contribution in [3.63, 3.8) is 0 Å². The van der Waals surface area contributed by atoms with Gasteiger partial charge in [0.15, 0.2) is 0 Å². The number of hydrogen-bond donors (Lipinski definition) is 1. The molecule has 5 rings (SSSR count). The molecule has 4 heteroatoms. The number of fused-ring (bicyclic) bond motifs is 5. The Kier molecular flexibility index (Phi) is 8.86. The predicted molar refractivity (Wildman–Crippen MR) is 166 cm³/mol. The van der Waals surface area contributed by atoms with Gasteiger partial charge in [-0.3, -0.25) is 4.99 Å². The molecule has 9 atom stereocenters. The number of nitrogens with one attached hydrogen (secondary N) is 1. The van der Waals surface area contributed by atoms with Gasteiger partial charge < -0.3 is 5.32 Å². The van der Waals surface area contributed by atoms with E-state index in [0.29, 0.717) is 16.9 Å². The lowest BCUT2D eigenvalue weighted by atomic mass is 9.47. The Hall–Kier alpha value is -0.350. The third-order valence-corrected chi connectivity index (χ3v) is 14.7. The summed E-state index contributed by atoms with van der Waals surface area (Å²) < 4.78 is 0. The summed E-state index contributed by atoms with van der Waals surface area (Å²) in [4.78, 5) is 4.50. The molecule has 4 aliphatic carbocycles. The van der Waals surface area contributed by atoms with E-state index in [1.54, 1.807) is 0 Å². The van der Waals surface area contributed by atoms with Gasteiger partial charge in [-0.1, -0.05) is 87.1 Å². The molecule has 5 aliphatic rings. The molecule has 208 valence electrons. The van der Waals surface area contributed by atoms with E-state index in [2.05, 4.69) is 85.7 Å². The molecular weight excluding hydrogens is 489 g/mol. The number of hydrogen-bond acceptors (Lipinski definition) is 4. The topological polar surface area (TPSA) is 24.4 Å². The number of aliphatic imine (C=N–C) groups is 1. The van der Waals surface area contributed by atoms with Crippen molar-refractivity contribution in [3.05, 3.63) is 23.4 Å². The van der Waals surface area contributed by atoms with Gasteiger partial charge in [0, 0.05) is 17.2 Å². The molecule has 0 spiro atoms. The third-order valence-electron chi connectivity index (χ3n) is 11.9. The minimum atomic E-state index is 0.331. The van der Waals surface area contributed by atoms with Crippen LogP contribution < -0.4 is 5.32 Å². The van der Waals surface area contributed by atoms with Crippen LogP contribution in [0.2, 0.25) is 0 Å². The van der Waals surface area contributed by atoms with Crippen LogP contribution in [-0.2, 0) is 0 Å². The molecule has 0 aromatic heterocycles. The summed E-state index contributed by atoms with van der Waals surface area (Å²) in [5.74, 6) is 6.69. The summed E-state index contributed by atoms with van der Waals surface area (Å²) in [6.45, 7) is 15.0. The van der Waals surface area contributed by atoms with Crippen LogP contribution in [0.4, 0.5) is 0 Å². The zero-order chi connectivity index (χ0) is 26.2. The van der Waals surface area contributed by atoms with Gasteiger partial charge in [-0.05, 0) is 110 Å². The van der Waals surface area contributed by atoms with Crippen LogP contribution in [0.3, 0.4) is 0 Å². The maximum Gasteiger partial charge on any atom is 0.0870 e. The lowest BCUT2D eigenvalue weighted by Crippen LogP contribution is -2.50. The van der Waals surface area contributed by atoms with Gasteiger partial charge in [-0.25, -0.2) is 0 Å². The average molecular weight is 543 g/mol. The molecule has 0 radical (unpaired) electrons. The molecule has 3 saturated carbocycles. The number of allylic oxidation sites excluding steroid dienone is 2. The molecule has 0 aromatic rings. The molecule has 0 bridgehead atoms. The van der Waals surface area contributed by atoms with Crippen molar-refractivity contribution in [3.8, 4) is 0 Å². The van der Waals surface area contributed by atoms with E-state index >= 15 is 0 Å². The largest absolute Gasteiger partial charge is 0.353 e. The highest BCUT2D eigenvalue weighted by Crippen LogP contribution is 2.67. The van der Waals surface area contributed by atoms with E-state index in [1.807, 2.05) is 11.9 Å². The van der Waals surface area contributed by atoms with Gasteiger partial charge >= 0.3 is 0 Å². The van der Waals surface area contributed by atoms with E-state index in [4.69, 9.17) is 0 Å². The molecule has 9 unspecified atom stereocenters. The maximum absolute atomic E-state index is 4.50. The van der Waals surface area contributed by atoms with Crippen LogP contribution in [0.25, 0.3) is 0 Å². The summed E-state index contributed by atoms with van der Waals surface area (Å²) in [6.07, 6.45) is 22.6. The standard InChI is InChI=1S/C33H54N2S2/c1-22(2)8-7-9-23(3)29-12-13-30-28-11-10-26-18-27(37-36-20-25-19-34-21-35-24(25)4)14-16-32(26,5)31(28)15-17-33(29,30)6/h10,19,21-24,27-31H,7-9,11-18,20H2,1-6H3,(H,34,35). The second-order valence-corrected chi connectivity index (χ2v) is 17.0. The first-order valence-electron chi connectivity index (χ1n) is 15.7. The third kappa shape index (κ3) is 5.63. The van der Waals surface area contributed by atoms with Gasteiger partial charge in [0.05, 0.1) is 12.4 Å². The fourth-order valence-corrected chi connectivity index (χ4v) is 12.5. The summed E-state index contributed by atoms with van der Waals surface area (Å²) in [5.41, 5.74) is 4.35. The van der Waals surface area contributed by atoms with Gasteiger partial charge in [-0.15, -0.1) is 0 Å². The van der Waals surface area contributed by atoms with Gasteiger partial charge in [0.1, 0.15) is 0 Å². The Morgan fingerprint density at radius 1 is 1.05 bits per heavy atom. The second-order valence-electron chi connectivity index (χ2n) is 14.4. The first-order valence-corrected chi connectivity index (χ1v) is 18.0. The Balaban J connectivity index is 1.19. The molecule has 1 N–H and O–H groups in total. The lowest BCUT2D eigenvalue weighted by Gasteiger charge is -2.58. The Bertz CT molecular complexity index is 893. The Morgan fingerprint density at radius 2 is 1.89 bits per heavy atom. The van der Waals surface area contributed by atoms with Crippen molar-refractivity contribution < 1.29 is 0 Å². The van der Waals surface area contributed by atoms with Crippen molar-refractivity contribution in [2.75, 3.05) is 5.75 Å². The Morgan fingerprint density at radius 3 is 2.68 bits per heavy atom. The molecule has 1 heterocycles. The van der Waals surface area contributed by atoms with Gasteiger partial charge in [-0.2, -0.15) is 0 Å². The quantitative estimate of drug-likeness (QED) is 0.232. The van der Waals surface area contributed by atoms with Crippen molar-refractivity contribution in [1.82, 2.24) is 5.32 Å². The summed E-state index contributed by atoms with van der Waals surface area (Å²) in [6, 6.07) is 0.331. The van der Waals surface area contributed by atoms with E-state index in [9.17, 15) is 0 Å². The van der Waals surface area contributed by atoms with Crippen LogP contribution in [-0.4, -0.2) is 23.4 Å². The van der Waals surface area contributed by atoms with E-state index < -0.39 is 0 Å². The highest BCUT2D eigenvalue weighted by Gasteiger charge is 2.59. The zero-order valence-corrected chi connectivity index (χ0v) is 26.2. The maximum atomic E-state index is 4.50. The van der Waals surface area contributed by atoms with E-state index in [0.717, 1.165) is 46.5 Å². The van der Waals surface area contributed by atoms with E-state index in [1.165, 1.54) is 76.2 Å². The number of rotatable bonds is 9. The summed E-state index contributed by atoms with van der Waals surface area (Å²) in [5, 5.41) is 3.96. The predicted octanol–water partition coefficient (Wildman–Crippen LogP) is 9.68. The van der Waals surface area contributed by atoms with Crippen molar-refractivity contribution in [1.29, 1.82) is 0 Å². The highest BCUT2D eigenvalue weighted by atomic mass is 33.1. The van der Waals surface area contributed by atoms with Gasteiger partial charge in [0.25, 0.3) is 0 Å². The smallest absolute Gasteiger partial charge is 0.0870 e. The minimum Gasteiger partial charge on any atom is -0.353 e. The van der Waals surface area contributed by atoms with Gasteiger partial charge in [0.2, 0.25) is 0 Å². The molecular formula is C33H54N2S2. The molecule has 37 heavy (non-hydrogen) atoms. The van der Waals surface area contributed by atoms with E-state index in [-0.39, 0.29) is 0 Å². The van der Waals surface area contributed by atoms with Crippen LogP contribution >= 0.6 is 21.6 Å². The first-order chi connectivity index (χ1) is 17.7. The monoisotopic (exact) mass is 542 g/mol. The SMILES string of the molecule is CC(C)CCCC(C)C1CCC2C3CC=C4CC(SSCC5=CNC=NC5C)CCC4(C)C3CCC12C.